The Hall–Kier alpha value is -1.48. The van der Waals surface area contributed by atoms with Gasteiger partial charge in [0.15, 0.2) is 0 Å². The molecule has 1 aromatic heterocycles. The van der Waals surface area contributed by atoms with Crippen LogP contribution in [0.15, 0.2) is 43.1 Å². The van der Waals surface area contributed by atoms with E-state index in [1.807, 2.05) is 24.3 Å². The predicted octanol–water partition coefficient (Wildman–Crippen LogP) is 2.12. The number of rotatable bonds is 3. The van der Waals surface area contributed by atoms with Crippen molar-refractivity contribution in [3.63, 3.8) is 0 Å². The highest BCUT2D eigenvalue weighted by molar-refractivity contribution is 6.18. The number of nitrogens with zero attached hydrogens (tertiary/aromatic N) is 1. The molecule has 3 nitrogen and oxygen atoms in total. The summed E-state index contributed by atoms with van der Waals surface area (Å²) in [7, 11) is 0. The van der Waals surface area contributed by atoms with Crippen LogP contribution in [0.5, 0.6) is 0 Å². The summed E-state index contributed by atoms with van der Waals surface area (Å²) in [5.41, 5.74) is 0.456. The molecular formula is C11H11ClN2O. The second kappa shape index (κ2) is 4.36. The Morgan fingerprint density at radius 2 is 2.27 bits per heavy atom. The first kappa shape index (κ1) is 10.1. The van der Waals surface area contributed by atoms with Gasteiger partial charge in [-0.25, -0.2) is 0 Å². The molecule has 78 valence electrons. The van der Waals surface area contributed by atoms with Crippen molar-refractivity contribution in [2.75, 3.05) is 5.88 Å². The van der Waals surface area contributed by atoms with Crippen molar-refractivity contribution in [1.82, 2.24) is 10.3 Å². The molecule has 1 N–H and O–H groups in total. The van der Waals surface area contributed by atoms with Crippen LogP contribution in [-0.2, 0) is 4.74 Å². The number of hydrogen-bond donors (Lipinski definition) is 1. The van der Waals surface area contributed by atoms with Crippen LogP contribution in [-0.4, -0.2) is 16.6 Å². The fourth-order valence-corrected chi connectivity index (χ4v) is 1.50. The number of nitrogens with one attached hydrogen (secondary N) is 1. The minimum Gasteiger partial charge on any atom is -0.469 e. The average molecular weight is 223 g/mol. The minimum absolute atomic E-state index is 0.349. The van der Waals surface area contributed by atoms with Gasteiger partial charge in [-0.3, -0.25) is 4.98 Å². The van der Waals surface area contributed by atoms with Gasteiger partial charge in [-0.05, 0) is 23.8 Å². The number of aromatic nitrogens is 1. The van der Waals surface area contributed by atoms with Crippen LogP contribution in [0.2, 0.25) is 0 Å². The molecule has 0 saturated carbocycles. The lowest BCUT2D eigenvalue weighted by Gasteiger charge is -2.22. The first-order chi connectivity index (χ1) is 7.35. The molecule has 1 atom stereocenters. The van der Waals surface area contributed by atoms with E-state index >= 15 is 0 Å². The van der Waals surface area contributed by atoms with E-state index in [2.05, 4.69) is 10.3 Å². The summed E-state index contributed by atoms with van der Waals surface area (Å²) in [6.07, 6.45) is 10.7. The highest BCUT2D eigenvalue weighted by Crippen LogP contribution is 2.18. The maximum absolute atomic E-state index is 5.84. The quantitative estimate of drug-likeness (QED) is 0.796. The molecule has 0 radical (unpaired) electrons. The van der Waals surface area contributed by atoms with E-state index in [1.54, 1.807) is 24.9 Å². The van der Waals surface area contributed by atoms with Crippen LogP contribution in [0.25, 0.3) is 6.08 Å². The molecule has 2 rings (SSSR count). The first-order valence-electron chi connectivity index (χ1n) is 4.60. The summed E-state index contributed by atoms with van der Waals surface area (Å²) in [6.45, 7) is 0. The highest BCUT2D eigenvalue weighted by Gasteiger charge is 2.28. The number of halogens is 1. The van der Waals surface area contributed by atoms with Gasteiger partial charge < -0.3 is 10.1 Å². The SMILES string of the molecule is ClCC1(/C=C/c2ccncc2)NC=CO1. The molecule has 15 heavy (non-hydrogen) atoms. The second-order valence-corrected chi connectivity index (χ2v) is 3.47. The lowest BCUT2D eigenvalue weighted by molar-refractivity contribution is 0.0966. The van der Waals surface area contributed by atoms with E-state index in [0.29, 0.717) is 5.88 Å². The summed E-state index contributed by atoms with van der Waals surface area (Å²) in [6, 6.07) is 3.83. The second-order valence-electron chi connectivity index (χ2n) is 3.20. The van der Waals surface area contributed by atoms with Crippen LogP contribution in [0.3, 0.4) is 0 Å². The zero-order chi connectivity index (χ0) is 10.6. The molecule has 1 aliphatic heterocycles. The molecule has 1 aromatic rings. The largest absolute Gasteiger partial charge is 0.469 e. The van der Waals surface area contributed by atoms with E-state index in [-0.39, 0.29) is 0 Å². The molecule has 4 heteroatoms. The van der Waals surface area contributed by atoms with Crippen molar-refractivity contribution in [2.45, 2.75) is 5.72 Å². The molecule has 0 fully saturated rings. The Labute approximate surface area is 93.4 Å². The first-order valence-corrected chi connectivity index (χ1v) is 5.14. The third kappa shape index (κ3) is 2.30. The van der Waals surface area contributed by atoms with Crippen molar-refractivity contribution >= 4 is 17.7 Å². The minimum atomic E-state index is -0.606. The maximum Gasteiger partial charge on any atom is 0.212 e. The molecule has 0 aliphatic carbocycles. The van der Waals surface area contributed by atoms with Gasteiger partial charge in [-0.15, -0.1) is 11.6 Å². The van der Waals surface area contributed by atoms with Crippen LogP contribution in [0.1, 0.15) is 5.56 Å². The Morgan fingerprint density at radius 1 is 1.47 bits per heavy atom. The fourth-order valence-electron chi connectivity index (χ4n) is 1.27. The van der Waals surface area contributed by atoms with Crippen molar-refractivity contribution in [3.8, 4) is 0 Å². The maximum atomic E-state index is 5.84. The van der Waals surface area contributed by atoms with E-state index in [0.717, 1.165) is 5.56 Å². The molecule has 0 spiro atoms. The monoisotopic (exact) mass is 222 g/mol. The van der Waals surface area contributed by atoms with Gasteiger partial charge >= 0.3 is 0 Å². The zero-order valence-electron chi connectivity index (χ0n) is 8.06. The molecule has 2 heterocycles. The lowest BCUT2D eigenvalue weighted by atomic mass is 10.2. The van der Waals surface area contributed by atoms with Gasteiger partial charge in [-0.2, -0.15) is 0 Å². The smallest absolute Gasteiger partial charge is 0.212 e. The van der Waals surface area contributed by atoms with Crippen molar-refractivity contribution < 1.29 is 4.74 Å². The highest BCUT2D eigenvalue weighted by atomic mass is 35.5. The summed E-state index contributed by atoms with van der Waals surface area (Å²) in [5, 5.41) is 3.05. The summed E-state index contributed by atoms with van der Waals surface area (Å²) in [4.78, 5) is 3.94. The number of hydrogen-bond acceptors (Lipinski definition) is 3. The Balaban J connectivity index is 2.10. The van der Waals surface area contributed by atoms with Crippen LogP contribution in [0.4, 0.5) is 0 Å². The Morgan fingerprint density at radius 3 is 2.87 bits per heavy atom. The molecule has 1 unspecified atom stereocenters. The van der Waals surface area contributed by atoms with E-state index in [4.69, 9.17) is 16.3 Å². The van der Waals surface area contributed by atoms with E-state index < -0.39 is 5.72 Å². The van der Waals surface area contributed by atoms with Gasteiger partial charge in [0, 0.05) is 18.6 Å². The van der Waals surface area contributed by atoms with Crippen LogP contribution < -0.4 is 5.32 Å². The van der Waals surface area contributed by atoms with Crippen molar-refractivity contribution in [2.24, 2.45) is 0 Å². The standard InChI is InChI=1S/C11H11ClN2O/c12-9-11(14-7-8-15-11)4-1-10-2-5-13-6-3-10/h1-8,14H,9H2/b4-1+. The zero-order valence-corrected chi connectivity index (χ0v) is 8.82. The molecule has 0 amide bonds. The number of ether oxygens (including phenoxy) is 1. The third-order valence-corrected chi connectivity index (χ3v) is 2.52. The normalized spacial score (nSPS) is 24.1. The summed E-state index contributed by atoms with van der Waals surface area (Å²) < 4.78 is 5.39. The molecule has 1 aliphatic rings. The van der Waals surface area contributed by atoms with E-state index in [1.165, 1.54) is 0 Å². The van der Waals surface area contributed by atoms with Crippen molar-refractivity contribution in [3.05, 3.63) is 48.6 Å². The molecular weight excluding hydrogens is 212 g/mol. The third-order valence-electron chi connectivity index (χ3n) is 2.12. The number of alkyl halides is 1. The van der Waals surface area contributed by atoms with Gasteiger partial charge in [0.05, 0.1) is 5.88 Å². The van der Waals surface area contributed by atoms with Crippen LogP contribution >= 0.6 is 11.6 Å². The molecule has 0 saturated heterocycles. The lowest BCUT2D eigenvalue weighted by Crippen LogP contribution is -2.40. The molecule has 0 aromatic carbocycles. The Bertz CT molecular complexity index is 367. The molecule has 0 bridgehead atoms. The number of pyridine rings is 1. The van der Waals surface area contributed by atoms with Crippen LogP contribution in [0, 0.1) is 0 Å². The summed E-state index contributed by atoms with van der Waals surface area (Å²) >= 11 is 5.84. The topological polar surface area (TPSA) is 34.2 Å². The summed E-state index contributed by atoms with van der Waals surface area (Å²) in [5.74, 6) is 0.349. The van der Waals surface area contributed by atoms with Gasteiger partial charge in [0.2, 0.25) is 5.72 Å². The predicted molar refractivity (Wildman–Crippen MR) is 60.1 cm³/mol. The van der Waals surface area contributed by atoms with Gasteiger partial charge in [-0.1, -0.05) is 6.08 Å². The van der Waals surface area contributed by atoms with E-state index in [9.17, 15) is 0 Å². The fraction of sp³-hybridized carbons (Fsp3) is 0.182. The van der Waals surface area contributed by atoms with Gasteiger partial charge in [0.1, 0.15) is 6.26 Å². The Kier molecular flexibility index (Phi) is 2.92. The average Bonchev–Trinajstić information content (AvgIpc) is 2.77. The van der Waals surface area contributed by atoms with Gasteiger partial charge in [0.25, 0.3) is 0 Å². The van der Waals surface area contributed by atoms with Crippen molar-refractivity contribution in [1.29, 1.82) is 0 Å².